The van der Waals surface area contributed by atoms with Crippen LogP contribution in [0.3, 0.4) is 0 Å². The largest absolute Gasteiger partial charge is 0.326 e. The van der Waals surface area contributed by atoms with Crippen LogP contribution in [0.15, 0.2) is 24.3 Å². The van der Waals surface area contributed by atoms with Crippen LogP contribution in [0.25, 0.3) is 0 Å². The smallest absolute Gasteiger partial charge is 0.127 e. The summed E-state index contributed by atoms with van der Waals surface area (Å²) in [4.78, 5) is 0. The first kappa shape index (κ1) is 14.5. The van der Waals surface area contributed by atoms with Gasteiger partial charge < -0.3 is 5.73 Å². The molecule has 3 unspecified atom stereocenters. The lowest BCUT2D eigenvalue weighted by atomic mass is 10.0. The summed E-state index contributed by atoms with van der Waals surface area (Å²) in [5, 5.41) is 0.549. The molecule has 1 rings (SSSR count). The normalized spacial score (nSPS) is 16.5. The Bertz CT molecular complexity index is 343. The fourth-order valence-corrected chi connectivity index (χ4v) is 3.10. The van der Waals surface area contributed by atoms with E-state index in [1.165, 1.54) is 6.07 Å². The summed E-state index contributed by atoms with van der Waals surface area (Å²) >= 11 is 1.78. The fourth-order valence-electron chi connectivity index (χ4n) is 1.67. The third-order valence-electron chi connectivity index (χ3n) is 3.03. The van der Waals surface area contributed by atoms with Crippen LogP contribution in [-0.4, -0.2) is 11.3 Å². The Morgan fingerprint density at radius 3 is 2.41 bits per heavy atom. The second-order valence-electron chi connectivity index (χ2n) is 4.37. The molecule has 0 aromatic heterocycles. The van der Waals surface area contributed by atoms with Crippen molar-refractivity contribution in [3.8, 4) is 0 Å². The molecular formula is C14H22FNS. The third kappa shape index (κ3) is 4.00. The number of hydrogen-bond donors (Lipinski definition) is 1. The van der Waals surface area contributed by atoms with E-state index in [2.05, 4.69) is 20.8 Å². The minimum atomic E-state index is -0.141. The number of thioether (sulfide) groups is 1. The van der Waals surface area contributed by atoms with E-state index >= 15 is 0 Å². The molecule has 0 saturated carbocycles. The predicted molar refractivity (Wildman–Crippen MR) is 74.8 cm³/mol. The van der Waals surface area contributed by atoms with E-state index in [4.69, 9.17) is 5.73 Å². The van der Waals surface area contributed by atoms with Gasteiger partial charge in [0.05, 0.1) is 0 Å². The van der Waals surface area contributed by atoms with Crippen LogP contribution in [0.4, 0.5) is 4.39 Å². The van der Waals surface area contributed by atoms with Crippen molar-refractivity contribution in [1.82, 2.24) is 0 Å². The summed E-state index contributed by atoms with van der Waals surface area (Å²) in [5.74, 6) is -0.141. The first-order valence-electron chi connectivity index (χ1n) is 6.25. The standard InChI is InChI=1S/C14H22FNS/c1-4-10(3)17-14(13(16)5-2)11-8-6-7-9-12(11)15/h6-10,13-14H,4-5,16H2,1-3H3. The second-order valence-corrected chi connectivity index (χ2v) is 5.95. The van der Waals surface area contributed by atoms with Crippen molar-refractivity contribution in [3.05, 3.63) is 35.6 Å². The van der Waals surface area contributed by atoms with Crippen molar-refractivity contribution in [2.45, 2.75) is 50.2 Å². The van der Waals surface area contributed by atoms with E-state index in [-0.39, 0.29) is 17.1 Å². The maximum atomic E-state index is 13.8. The zero-order chi connectivity index (χ0) is 12.8. The van der Waals surface area contributed by atoms with Gasteiger partial charge in [-0.2, -0.15) is 0 Å². The van der Waals surface area contributed by atoms with Gasteiger partial charge in [0, 0.05) is 22.1 Å². The molecule has 0 amide bonds. The molecule has 0 saturated heterocycles. The Morgan fingerprint density at radius 1 is 1.24 bits per heavy atom. The van der Waals surface area contributed by atoms with Crippen LogP contribution in [0.1, 0.15) is 44.4 Å². The number of benzene rings is 1. The molecule has 0 aliphatic rings. The first-order chi connectivity index (χ1) is 8.10. The molecular weight excluding hydrogens is 233 g/mol. The van der Waals surface area contributed by atoms with Gasteiger partial charge in [0.25, 0.3) is 0 Å². The van der Waals surface area contributed by atoms with Gasteiger partial charge in [0.2, 0.25) is 0 Å². The minimum absolute atomic E-state index is 0.00546. The Morgan fingerprint density at radius 2 is 1.88 bits per heavy atom. The van der Waals surface area contributed by atoms with E-state index in [1.807, 2.05) is 12.1 Å². The summed E-state index contributed by atoms with van der Waals surface area (Å²) in [6, 6.07) is 6.98. The van der Waals surface area contributed by atoms with E-state index in [1.54, 1.807) is 17.8 Å². The minimum Gasteiger partial charge on any atom is -0.326 e. The molecule has 3 atom stereocenters. The van der Waals surface area contributed by atoms with Crippen molar-refractivity contribution in [2.24, 2.45) is 5.73 Å². The first-order valence-corrected chi connectivity index (χ1v) is 7.19. The molecule has 1 aromatic rings. The van der Waals surface area contributed by atoms with Crippen LogP contribution in [0.2, 0.25) is 0 Å². The molecule has 0 spiro atoms. The van der Waals surface area contributed by atoms with E-state index < -0.39 is 0 Å². The molecule has 96 valence electrons. The molecule has 0 aliphatic heterocycles. The van der Waals surface area contributed by atoms with Gasteiger partial charge in [0.1, 0.15) is 5.82 Å². The molecule has 1 aromatic carbocycles. The van der Waals surface area contributed by atoms with Crippen LogP contribution in [-0.2, 0) is 0 Å². The van der Waals surface area contributed by atoms with Crippen molar-refractivity contribution in [1.29, 1.82) is 0 Å². The molecule has 17 heavy (non-hydrogen) atoms. The summed E-state index contributed by atoms with van der Waals surface area (Å²) in [5.41, 5.74) is 6.88. The van der Waals surface area contributed by atoms with Crippen molar-refractivity contribution in [3.63, 3.8) is 0 Å². The second kappa shape index (κ2) is 7.02. The third-order valence-corrected chi connectivity index (χ3v) is 4.72. The number of rotatable bonds is 6. The van der Waals surface area contributed by atoms with Crippen molar-refractivity contribution < 1.29 is 4.39 Å². The van der Waals surface area contributed by atoms with Crippen LogP contribution < -0.4 is 5.73 Å². The lowest BCUT2D eigenvalue weighted by molar-refractivity contribution is 0.571. The Labute approximate surface area is 108 Å². The highest BCUT2D eigenvalue weighted by atomic mass is 32.2. The quantitative estimate of drug-likeness (QED) is 0.827. The van der Waals surface area contributed by atoms with Gasteiger partial charge in [-0.3, -0.25) is 0 Å². The van der Waals surface area contributed by atoms with Crippen LogP contribution >= 0.6 is 11.8 Å². The van der Waals surface area contributed by atoms with E-state index in [0.717, 1.165) is 18.4 Å². The van der Waals surface area contributed by atoms with E-state index in [9.17, 15) is 4.39 Å². The number of nitrogens with two attached hydrogens (primary N) is 1. The number of halogens is 1. The van der Waals surface area contributed by atoms with Gasteiger partial charge in [-0.1, -0.05) is 39.0 Å². The van der Waals surface area contributed by atoms with Crippen molar-refractivity contribution in [2.75, 3.05) is 0 Å². The average molecular weight is 255 g/mol. The molecule has 1 nitrogen and oxygen atoms in total. The zero-order valence-electron chi connectivity index (χ0n) is 10.8. The Kier molecular flexibility index (Phi) is 6.00. The molecule has 3 heteroatoms. The highest BCUT2D eigenvalue weighted by molar-refractivity contribution is 8.00. The summed E-state index contributed by atoms with van der Waals surface area (Å²) in [6.07, 6.45) is 1.94. The van der Waals surface area contributed by atoms with Gasteiger partial charge in [0.15, 0.2) is 0 Å². The van der Waals surface area contributed by atoms with Gasteiger partial charge in [-0.15, -0.1) is 11.8 Å². The maximum absolute atomic E-state index is 13.8. The SMILES string of the molecule is CCC(C)SC(c1ccccc1F)C(N)CC. The van der Waals surface area contributed by atoms with Gasteiger partial charge in [-0.05, 0) is 18.9 Å². The van der Waals surface area contributed by atoms with E-state index in [0.29, 0.717) is 5.25 Å². The topological polar surface area (TPSA) is 26.0 Å². The fraction of sp³-hybridized carbons (Fsp3) is 0.571. The molecule has 0 aliphatic carbocycles. The molecule has 0 bridgehead atoms. The lowest BCUT2D eigenvalue weighted by Gasteiger charge is -2.26. The molecule has 0 fully saturated rings. The lowest BCUT2D eigenvalue weighted by Crippen LogP contribution is -2.27. The van der Waals surface area contributed by atoms with Crippen molar-refractivity contribution >= 4 is 11.8 Å². The number of hydrogen-bond acceptors (Lipinski definition) is 2. The van der Waals surface area contributed by atoms with Gasteiger partial charge in [-0.25, -0.2) is 4.39 Å². The van der Waals surface area contributed by atoms with Crippen LogP contribution in [0.5, 0.6) is 0 Å². The average Bonchev–Trinajstić information content (AvgIpc) is 2.35. The molecule has 0 radical (unpaired) electrons. The Hall–Kier alpha value is -0.540. The molecule has 0 heterocycles. The highest BCUT2D eigenvalue weighted by Gasteiger charge is 2.23. The molecule has 2 N–H and O–H groups in total. The monoisotopic (exact) mass is 255 g/mol. The summed E-state index contributed by atoms with van der Waals surface area (Å²) in [6.45, 7) is 6.37. The zero-order valence-corrected chi connectivity index (χ0v) is 11.6. The Balaban J connectivity index is 2.94. The highest BCUT2D eigenvalue weighted by Crippen LogP contribution is 2.37. The van der Waals surface area contributed by atoms with Gasteiger partial charge >= 0.3 is 0 Å². The maximum Gasteiger partial charge on any atom is 0.127 e. The summed E-state index contributed by atoms with van der Waals surface area (Å²) < 4.78 is 13.8. The predicted octanol–water partition coefficient (Wildman–Crippen LogP) is 4.14. The summed E-state index contributed by atoms with van der Waals surface area (Å²) in [7, 11) is 0. The van der Waals surface area contributed by atoms with Crippen LogP contribution in [0, 0.1) is 5.82 Å².